The van der Waals surface area contributed by atoms with Crippen LogP contribution in [0.5, 0.6) is 0 Å². The first kappa shape index (κ1) is 15.6. The number of carboxylic acid groups (broad SMARTS) is 1. The molecule has 3 aromatic carbocycles. The fourth-order valence-corrected chi connectivity index (χ4v) is 3.65. The Morgan fingerprint density at radius 1 is 1.07 bits per heavy atom. The maximum Gasteiger partial charge on any atom is 0.335 e. The van der Waals surface area contributed by atoms with Crippen LogP contribution in [0.1, 0.15) is 27.4 Å². The second kappa shape index (κ2) is 5.99. The molecule has 5 nitrogen and oxygen atoms in total. The fraction of sp³-hybridized carbons (Fsp3) is 0.0909. The molecule has 1 aliphatic heterocycles. The molecule has 132 valence electrons. The number of para-hydroxylation sites is 1. The summed E-state index contributed by atoms with van der Waals surface area (Å²) in [6, 6.07) is 21.0. The molecule has 0 saturated carbocycles. The van der Waals surface area contributed by atoms with E-state index in [1.165, 1.54) is 16.8 Å². The van der Waals surface area contributed by atoms with Crippen LogP contribution < -0.4 is 5.32 Å². The molecule has 1 unspecified atom stereocenters. The van der Waals surface area contributed by atoms with E-state index in [2.05, 4.69) is 34.6 Å². The van der Waals surface area contributed by atoms with E-state index in [0.29, 0.717) is 17.0 Å². The highest BCUT2D eigenvalue weighted by Crippen LogP contribution is 2.37. The van der Waals surface area contributed by atoms with Crippen molar-refractivity contribution >= 4 is 22.8 Å². The number of aromatic carboxylic acids is 1. The van der Waals surface area contributed by atoms with Gasteiger partial charge < -0.3 is 14.8 Å². The second-order valence-electron chi connectivity index (χ2n) is 6.65. The van der Waals surface area contributed by atoms with Gasteiger partial charge in [-0.05, 0) is 47.5 Å². The number of carboxylic acids is 1. The van der Waals surface area contributed by atoms with Gasteiger partial charge in [-0.1, -0.05) is 30.3 Å². The van der Waals surface area contributed by atoms with Crippen LogP contribution in [0.4, 0.5) is 5.69 Å². The molecule has 0 fully saturated rings. The van der Waals surface area contributed by atoms with Crippen molar-refractivity contribution in [2.24, 2.45) is 0 Å². The van der Waals surface area contributed by atoms with Crippen LogP contribution >= 0.6 is 0 Å². The second-order valence-corrected chi connectivity index (χ2v) is 6.65. The molecule has 2 N–H and O–H groups in total. The highest BCUT2D eigenvalue weighted by Gasteiger charge is 2.24. The molecule has 0 saturated heterocycles. The van der Waals surface area contributed by atoms with E-state index in [1.54, 1.807) is 24.3 Å². The summed E-state index contributed by atoms with van der Waals surface area (Å²) in [5.41, 5.74) is 5.95. The van der Waals surface area contributed by atoms with Gasteiger partial charge in [-0.25, -0.2) is 9.78 Å². The molecule has 1 atom stereocenters. The Morgan fingerprint density at radius 2 is 1.96 bits per heavy atom. The molecule has 0 spiro atoms. The molecule has 4 aromatic rings. The maximum atomic E-state index is 11.2. The largest absolute Gasteiger partial charge is 0.478 e. The van der Waals surface area contributed by atoms with Crippen molar-refractivity contribution in [3.63, 3.8) is 0 Å². The minimum Gasteiger partial charge on any atom is -0.478 e. The molecular weight excluding hydrogens is 340 g/mol. The van der Waals surface area contributed by atoms with Gasteiger partial charge in [0.15, 0.2) is 5.58 Å². The summed E-state index contributed by atoms with van der Waals surface area (Å²) in [7, 11) is 0. The number of oxazole rings is 1. The number of nitrogens with zero attached hydrogens (tertiary/aromatic N) is 1. The van der Waals surface area contributed by atoms with E-state index in [-0.39, 0.29) is 11.5 Å². The summed E-state index contributed by atoms with van der Waals surface area (Å²) in [5.74, 6) is -0.271. The predicted molar refractivity (Wildman–Crippen MR) is 103 cm³/mol. The van der Waals surface area contributed by atoms with Crippen molar-refractivity contribution in [1.82, 2.24) is 4.98 Å². The number of nitrogens with one attached hydrogen (secondary N) is 1. The zero-order valence-electron chi connectivity index (χ0n) is 14.3. The van der Waals surface area contributed by atoms with Crippen molar-refractivity contribution in [3.05, 3.63) is 83.4 Å². The third-order valence-corrected chi connectivity index (χ3v) is 5.00. The third kappa shape index (κ3) is 2.64. The highest BCUT2D eigenvalue weighted by molar-refractivity contribution is 5.89. The van der Waals surface area contributed by atoms with Gasteiger partial charge in [0.25, 0.3) is 0 Å². The minimum atomic E-state index is -0.970. The van der Waals surface area contributed by atoms with E-state index < -0.39 is 5.97 Å². The van der Waals surface area contributed by atoms with Crippen molar-refractivity contribution in [2.45, 2.75) is 5.92 Å². The van der Waals surface area contributed by atoms with Crippen LogP contribution in [0.2, 0.25) is 0 Å². The molecule has 0 bridgehead atoms. The number of anilines is 1. The van der Waals surface area contributed by atoms with Gasteiger partial charge in [0.2, 0.25) is 5.89 Å². The number of hydrogen-bond donors (Lipinski definition) is 2. The van der Waals surface area contributed by atoms with E-state index >= 15 is 0 Å². The summed E-state index contributed by atoms with van der Waals surface area (Å²) in [6.45, 7) is 0.854. The SMILES string of the molecule is O=C(O)c1cccc(-c2nc3ccc(C4CNc5ccccc54)cc3o2)c1. The van der Waals surface area contributed by atoms with Gasteiger partial charge in [-0.2, -0.15) is 0 Å². The molecule has 27 heavy (non-hydrogen) atoms. The predicted octanol–water partition coefficient (Wildman–Crippen LogP) is 4.75. The molecular formula is C22H16N2O3. The monoisotopic (exact) mass is 356 g/mol. The summed E-state index contributed by atoms with van der Waals surface area (Å²) >= 11 is 0. The van der Waals surface area contributed by atoms with Crippen LogP contribution in [-0.4, -0.2) is 22.6 Å². The summed E-state index contributed by atoms with van der Waals surface area (Å²) < 4.78 is 5.95. The number of aromatic nitrogens is 1. The Bertz CT molecular complexity index is 1180. The Kier molecular flexibility index (Phi) is 3.47. The molecule has 0 amide bonds. The minimum absolute atomic E-state index is 0.212. The number of benzene rings is 3. The van der Waals surface area contributed by atoms with E-state index in [0.717, 1.165) is 12.1 Å². The van der Waals surface area contributed by atoms with E-state index in [1.807, 2.05) is 18.2 Å². The molecule has 1 aliphatic rings. The van der Waals surface area contributed by atoms with E-state index in [9.17, 15) is 9.90 Å². The molecule has 0 aliphatic carbocycles. The first-order valence-electron chi connectivity index (χ1n) is 8.76. The first-order valence-corrected chi connectivity index (χ1v) is 8.76. The van der Waals surface area contributed by atoms with Crippen molar-refractivity contribution in [2.75, 3.05) is 11.9 Å². The topological polar surface area (TPSA) is 75.4 Å². The van der Waals surface area contributed by atoms with Crippen molar-refractivity contribution in [3.8, 4) is 11.5 Å². The molecule has 2 heterocycles. The zero-order chi connectivity index (χ0) is 18.4. The van der Waals surface area contributed by atoms with Crippen LogP contribution in [-0.2, 0) is 0 Å². The maximum absolute atomic E-state index is 11.2. The Morgan fingerprint density at radius 3 is 2.85 bits per heavy atom. The summed E-state index contributed by atoms with van der Waals surface area (Å²) in [4.78, 5) is 15.7. The fourth-order valence-electron chi connectivity index (χ4n) is 3.65. The Hall–Kier alpha value is -3.60. The van der Waals surface area contributed by atoms with Crippen LogP contribution in [0, 0.1) is 0 Å². The Balaban J connectivity index is 1.55. The van der Waals surface area contributed by atoms with Gasteiger partial charge in [0.1, 0.15) is 5.52 Å². The first-order chi connectivity index (χ1) is 13.2. The van der Waals surface area contributed by atoms with Gasteiger partial charge in [-0.15, -0.1) is 0 Å². The lowest BCUT2D eigenvalue weighted by Crippen LogP contribution is -2.03. The van der Waals surface area contributed by atoms with E-state index in [4.69, 9.17) is 4.42 Å². The third-order valence-electron chi connectivity index (χ3n) is 5.00. The average Bonchev–Trinajstić information content (AvgIpc) is 3.31. The normalized spacial score (nSPS) is 15.5. The summed E-state index contributed by atoms with van der Waals surface area (Å²) in [5, 5.41) is 12.6. The number of fused-ring (bicyclic) bond motifs is 2. The number of hydrogen-bond acceptors (Lipinski definition) is 4. The quantitative estimate of drug-likeness (QED) is 0.554. The molecule has 5 heteroatoms. The highest BCUT2D eigenvalue weighted by atomic mass is 16.4. The Labute approximate surface area is 155 Å². The van der Waals surface area contributed by atoms with Crippen LogP contribution in [0.25, 0.3) is 22.6 Å². The van der Waals surface area contributed by atoms with Crippen LogP contribution in [0.3, 0.4) is 0 Å². The van der Waals surface area contributed by atoms with Crippen molar-refractivity contribution in [1.29, 1.82) is 0 Å². The zero-order valence-corrected chi connectivity index (χ0v) is 14.3. The lowest BCUT2D eigenvalue weighted by molar-refractivity contribution is 0.0697. The van der Waals surface area contributed by atoms with Gasteiger partial charge >= 0.3 is 5.97 Å². The van der Waals surface area contributed by atoms with Crippen molar-refractivity contribution < 1.29 is 14.3 Å². The smallest absolute Gasteiger partial charge is 0.335 e. The number of rotatable bonds is 3. The number of carbonyl (C=O) groups is 1. The molecule has 5 rings (SSSR count). The lowest BCUT2D eigenvalue weighted by atomic mass is 9.93. The van der Waals surface area contributed by atoms with Gasteiger partial charge in [0, 0.05) is 23.7 Å². The standard InChI is InChI=1S/C22H16N2O3/c25-22(26)15-5-3-4-14(10-15)21-24-19-9-8-13(11-20(19)27-21)17-12-23-18-7-2-1-6-16(17)18/h1-11,17,23H,12H2,(H,25,26). The molecule has 0 radical (unpaired) electrons. The average molecular weight is 356 g/mol. The van der Waals surface area contributed by atoms with Gasteiger partial charge in [-0.3, -0.25) is 0 Å². The summed E-state index contributed by atoms with van der Waals surface area (Å²) in [6.07, 6.45) is 0. The molecule has 1 aromatic heterocycles. The van der Waals surface area contributed by atoms with Crippen LogP contribution in [0.15, 0.2) is 71.1 Å². The lowest BCUT2D eigenvalue weighted by Gasteiger charge is -2.10. The van der Waals surface area contributed by atoms with Gasteiger partial charge in [0.05, 0.1) is 5.56 Å².